The van der Waals surface area contributed by atoms with Crippen LogP contribution >= 0.6 is 11.8 Å². The zero-order valence-electron chi connectivity index (χ0n) is 10.5. The van der Waals surface area contributed by atoms with Gasteiger partial charge in [-0.15, -0.1) is 0 Å². The molecule has 1 fully saturated rings. The lowest BCUT2D eigenvalue weighted by Gasteiger charge is -2.12. The Labute approximate surface area is 107 Å². The van der Waals surface area contributed by atoms with Crippen molar-refractivity contribution in [1.82, 2.24) is 9.97 Å². The summed E-state index contributed by atoms with van der Waals surface area (Å²) >= 11 is 2.06. The summed E-state index contributed by atoms with van der Waals surface area (Å²) in [5.74, 6) is 4.02. The SMILES string of the molecule is CCc1nc(NC)cc(NCC2CCCS2)n1. The molecule has 1 saturated heterocycles. The summed E-state index contributed by atoms with van der Waals surface area (Å²) in [6.45, 7) is 3.08. The van der Waals surface area contributed by atoms with E-state index in [4.69, 9.17) is 0 Å². The van der Waals surface area contributed by atoms with Crippen molar-refractivity contribution in [2.24, 2.45) is 0 Å². The molecule has 1 aliphatic rings. The Hall–Kier alpha value is -0.970. The van der Waals surface area contributed by atoms with Gasteiger partial charge in [-0.05, 0) is 18.6 Å². The first-order valence-electron chi connectivity index (χ1n) is 6.23. The first-order valence-corrected chi connectivity index (χ1v) is 7.28. The molecule has 4 nitrogen and oxygen atoms in total. The van der Waals surface area contributed by atoms with Crippen LogP contribution < -0.4 is 10.6 Å². The molecule has 1 unspecified atom stereocenters. The molecule has 2 rings (SSSR count). The lowest BCUT2D eigenvalue weighted by Crippen LogP contribution is -2.15. The van der Waals surface area contributed by atoms with Gasteiger partial charge in [-0.3, -0.25) is 0 Å². The topological polar surface area (TPSA) is 49.8 Å². The van der Waals surface area contributed by atoms with Gasteiger partial charge in [0.2, 0.25) is 0 Å². The van der Waals surface area contributed by atoms with Crippen molar-refractivity contribution < 1.29 is 0 Å². The van der Waals surface area contributed by atoms with Crippen LogP contribution in [0.25, 0.3) is 0 Å². The fourth-order valence-corrected chi connectivity index (χ4v) is 3.10. The minimum atomic E-state index is 0.744. The fraction of sp³-hybridized carbons (Fsp3) is 0.667. The van der Waals surface area contributed by atoms with Crippen LogP contribution in [-0.4, -0.2) is 34.6 Å². The number of thioether (sulfide) groups is 1. The normalized spacial score (nSPS) is 19.3. The van der Waals surface area contributed by atoms with Crippen molar-refractivity contribution in [2.75, 3.05) is 30.0 Å². The summed E-state index contributed by atoms with van der Waals surface area (Å²) < 4.78 is 0. The quantitative estimate of drug-likeness (QED) is 0.842. The molecule has 0 aromatic carbocycles. The van der Waals surface area contributed by atoms with E-state index in [-0.39, 0.29) is 0 Å². The largest absolute Gasteiger partial charge is 0.373 e. The maximum Gasteiger partial charge on any atom is 0.132 e. The monoisotopic (exact) mass is 252 g/mol. The molecular formula is C12H20N4S. The lowest BCUT2D eigenvalue weighted by atomic mass is 10.2. The molecule has 17 heavy (non-hydrogen) atoms. The van der Waals surface area contributed by atoms with Gasteiger partial charge in [-0.2, -0.15) is 11.8 Å². The van der Waals surface area contributed by atoms with Crippen LogP contribution in [0.4, 0.5) is 11.6 Å². The standard InChI is InChI=1S/C12H20N4S/c1-3-10-15-11(13-2)7-12(16-10)14-8-9-5-4-6-17-9/h7,9H,3-6,8H2,1-2H3,(H2,13,14,15,16). The number of aryl methyl sites for hydroxylation is 1. The number of hydrogen-bond acceptors (Lipinski definition) is 5. The van der Waals surface area contributed by atoms with Gasteiger partial charge in [0, 0.05) is 31.3 Å². The summed E-state index contributed by atoms with van der Waals surface area (Å²) in [6.07, 6.45) is 3.54. The molecule has 0 aliphatic carbocycles. The summed E-state index contributed by atoms with van der Waals surface area (Å²) in [6, 6.07) is 1.97. The van der Waals surface area contributed by atoms with Crippen LogP contribution in [-0.2, 0) is 6.42 Å². The molecular weight excluding hydrogens is 232 g/mol. The third kappa shape index (κ3) is 3.49. The molecule has 0 spiro atoms. The van der Waals surface area contributed by atoms with Crippen molar-refractivity contribution in [1.29, 1.82) is 0 Å². The van der Waals surface area contributed by atoms with E-state index in [1.54, 1.807) is 0 Å². The minimum absolute atomic E-state index is 0.744. The van der Waals surface area contributed by atoms with E-state index >= 15 is 0 Å². The van der Waals surface area contributed by atoms with Crippen LogP contribution in [0.2, 0.25) is 0 Å². The smallest absolute Gasteiger partial charge is 0.132 e. The van der Waals surface area contributed by atoms with Gasteiger partial charge >= 0.3 is 0 Å². The van der Waals surface area contributed by atoms with Gasteiger partial charge in [0.25, 0.3) is 0 Å². The second kappa shape index (κ2) is 6.10. The molecule has 1 aromatic heterocycles. The molecule has 0 amide bonds. The third-order valence-corrected chi connectivity index (χ3v) is 4.28. The summed E-state index contributed by atoms with van der Waals surface area (Å²) in [4.78, 5) is 8.87. The highest BCUT2D eigenvalue weighted by Gasteiger charge is 2.15. The van der Waals surface area contributed by atoms with Gasteiger partial charge in [-0.25, -0.2) is 9.97 Å². The van der Waals surface area contributed by atoms with Crippen molar-refractivity contribution in [3.63, 3.8) is 0 Å². The molecule has 94 valence electrons. The molecule has 0 saturated carbocycles. The Morgan fingerprint density at radius 2 is 2.24 bits per heavy atom. The second-order valence-corrected chi connectivity index (χ2v) is 5.58. The molecule has 1 atom stereocenters. The highest BCUT2D eigenvalue weighted by molar-refractivity contribution is 8.00. The number of hydrogen-bond donors (Lipinski definition) is 2. The molecule has 0 bridgehead atoms. The van der Waals surface area contributed by atoms with Gasteiger partial charge in [0.05, 0.1) is 0 Å². The van der Waals surface area contributed by atoms with Crippen LogP contribution in [0.3, 0.4) is 0 Å². The molecule has 0 radical (unpaired) electrons. The van der Waals surface area contributed by atoms with Crippen molar-refractivity contribution in [3.05, 3.63) is 11.9 Å². The Kier molecular flexibility index (Phi) is 4.48. The van der Waals surface area contributed by atoms with E-state index in [9.17, 15) is 0 Å². The van der Waals surface area contributed by atoms with Gasteiger partial charge in [0.1, 0.15) is 17.5 Å². The van der Waals surface area contributed by atoms with E-state index in [2.05, 4.69) is 39.3 Å². The van der Waals surface area contributed by atoms with Crippen molar-refractivity contribution in [2.45, 2.75) is 31.4 Å². The first-order chi connectivity index (χ1) is 8.31. The Balaban J connectivity index is 1.98. The van der Waals surface area contributed by atoms with Gasteiger partial charge in [0.15, 0.2) is 0 Å². The average Bonchev–Trinajstić information content (AvgIpc) is 2.89. The zero-order chi connectivity index (χ0) is 12.1. The van der Waals surface area contributed by atoms with Gasteiger partial charge in [-0.1, -0.05) is 6.92 Å². The predicted molar refractivity (Wildman–Crippen MR) is 74.9 cm³/mol. The van der Waals surface area contributed by atoms with Crippen LogP contribution in [0.1, 0.15) is 25.6 Å². The van der Waals surface area contributed by atoms with E-state index in [1.807, 2.05) is 13.1 Å². The highest BCUT2D eigenvalue weighted by Crippen LogP contribution is 2.26. The molecule has 5 heteroatoms. The summed E-state index contributed by atoms with van der Waals surface area (Å²) in [7, 11) is 1.89. The van der Waals surface area contributed by atoms with E-state index in [0.29, 0.717) is 0 Å². The van der Waals surface area contributed by atoms with Crippen LogP contribution in [0.5, 0.6) is 0 Å². The van der Waals surface area contributed by atoms with Crippen LogP contribution in [0, 0.1) is 0 Å². The average molecular weight is 252 g/mol. The number of anilines is 2. The number of aromatic nitrogens is 2. The van der Waals surface area contributed by atoms with E-state index < -0.39 is 0 Å². The van der Waals surface area contributed by atoms with E-state index in [1.165, 1.54) is 18.6 Å². The predicted octanol–water partition coefficient (Wildman–Crippen LogP) is 2.39. The molecule has 1 aromatic rings. The lowest BCUT2D eigenvalue weighted by molar-refractivity contribution is 0.801. The second-order valence-electron chi connectivity index (χ2n) is 4.17. The minimum Gasteiger partial charge on any atom is -0.373 e. The highest BCUT2D eigenvalue weighted by atomic mass is 32.2. The van der Waals surface area contributed by atoms with Crippen molar-refractivity contribution >= 4 is 23.4 Å². The Bertz CT molecular complexity index is 341. The summed E-state index contributed by atoms with van der Waals surface area (Å²) in [5.41, 5.74) is 0. The summed E-state index contributed by atoms with van der Waals surface area (Å²) in [5, 5.41) is 7.24. The first kappa shape index (κ1) is 12.5. The Morgan fingerprint density at radius 3 is 2.88 bits per heavy atom. The Morgan fingerprint density at radius 1 is 1.41 bits per heavy atom. The number of nitrogens with one attached hydrogen (secondary N) is 2. The third-order valence-electron chi connectivity index (χ3n) is 2.88. The molecule has 1 aliphatic heterocycles. The molecule has 2 heterocycles. The van der Waals surface area contributed by atoms with Gasteiger partial charge < -0.3 is 10.6 Å². The fourth-order valence-electron chi connectivity index (χ4n) is 1.90. The number of rotatable bonds is 5. The van der Waals surface area contributed by atoms with E-state index in [0.717, 1.165) is 35.7 Å². The maximum absolute atomic E-state index is 4.49. The van der Waals surface area contributed by atoms with Crippen LogP contribution in [0.15, 0.2) is 6.07 Å². The number of nitrogens with zero attached hydrogens (tertiary/aromatic N) is 2. The molecule has 2 N–H and O–H groups in total. The maximum atomic E-state index is 4.49. The zero-order valence-corrected chi connectivity index (χ0v) is 11.3. The van der Waals surface area contributed by atoms with Crippen molar-refractivity contribution in [3.8, 4) is 0 Å².